The summed E-state index contributed by atoms with van der Waals surface area (Å²) >= 11 is 6.33. The smallest absolute Gasteiger partial charge is 0.257 e. The van der Waals surface area contributed by atoms with E-state index in [2.05, 4.69) is 9.97 Å². The standard InChI is InChI=1S/C12H11ClN2O2/c1-17-12-9(16)5-8-11(15-12)10(13)6-3-2-4-7(6)14-8/h5,16H,2-4H2,1H3. The van der Waals surface area contributed by atoms with Crippen molar-refractivity contribution in [2.45, 2.75) is 19.3 Å². The van der Waals surface area contributed by atoms with Crippen molar-refractivity contribution in [3.63, 3.8) is 0 Å². The zero-order valence-corrected chi connectivity index (χ0v) is 10.1. The van der Waals surface area contributed by atoms with Crippen molar-refractivity contribution in [2.75, 3.05) is 7.11 Å². The summed E-state index contributed by atoms with van der Waals surface area (Å²) in [4.78, 5) is 8.69. The normalized spacial score (nSPS) is 14.0. The summed E-state index contributed by atoms with van der Waals surface area (Å²) in [5.74, 6) is 0.167. The average molecular weight is 251 g/mol. The number of halogens is 1. The number of hydrogen-bond donors (Lipinski definition) is 1. The molecule has 0 radical (unpaired) electrons. The maximum atomic E-state index is 9.68. The van der Waals surface area contributed by atoms with E-state index < -0.39 is 0 Å². The van der Waals surface area contributed by atoms with Gasteiger partial charge in [0, 0.05) is 11.8 Å². The van der Waals surface area contributed by atoms with Crippen molar-refractivity contribution in [1.82, 2.24) is 9.97 Å². The summed E-state index contributed by atoms with van der Waals surface area (Å²) in [6.07, 6.45) is 2.96. The molecule has 0 atom stereocenters. The molecule has 1 N–H and O–H groups in total. The average Bonchev–Trinajstić information content (AvgIpc) is 2.77. The van der Waals surface area contributed by atoms with Gasteiger partial charge < -0.3 is 9.84 Å². The highest BCUT2D eigenvalue weighted by molar-refractivity contribution is 6.35. The topological polar surface area (TPSA) is 55.2 Å². The van der Waals surface area contributed by atoms with Crippen LogP contribution in [-0.2, 0) is 12.8 Å². The van der Waals surface area contributed by atoms with Gasteiger partial charge in [-0.25, -0.2) is 4.98 Å². The van der Waals surface area contributed by atoms with E-state index in [1.54, 1.807) is 6.07 Å². The Morgan fingerprint density at radius 1 is 1.35 bits per heavy atom. The van der Waals surface area contributed by atoms with Crippen LogP contribution < -0.4 is 4.74 Å². The molecule has 88 valence electrons. The fourth-order valence-corrected chi connectivity index (χ4v) is 2.59. The van der Waals surface area contributed by atoms with Crippen LogP contribution in [0.4, 0.5) is 0 Å². The molecule has 2 aromatic heterocycles. The lowest BCUT2D eigenvalue weighted by atomic mass is 10.2. The van der Waals surface area contributed by atoms with Gasteiger partial charge in [-0.05, 0) is 24.8 Å². The highest BCUT2D eigenvalue weighted by atomic mass is 35.5. The maximum Gasteiger partial charge on any atom is 0.257 e. The quantitative estimate of drug-likeness (QED) is 0.845. The Labute approximate surface area is 103 Å². The van der Waals surface area contributed by atoms with Crippen LogP contribution in [0.3, 0.4) is 0 Å². The van der Waals surface area contributed by atoms with Crippen molar-refractivity contribution in [3.8, 4) is 11.6 Å². The third-order valence-corrected chi connectivity index (χ3v) is 3.47. The molecule has 0 saturated carbocycles. The Hall–Kier alpha value is -1.55. The second-order valence-corrected chi connectivity index (χ2v) is 4.47. The van der Waals surface area contributed by atoms with Gasteiger partial charge in [-0.15, -0.1) is 0 Å². The molecule has 0 aliphatic heterocycles. The molecular formula is C12H11ClN2O2. The van der Waals surface area contributed by atoms with Crippen LogP contribution in [0.25, 0.3) is 11.0 Å². The van der Waals surface area contributed by atoms with Gasteiger partial charge in [0.2, 0.25) is 0 Å². The molecule has 4 nitrogen and oxygen atoms in total. The molecule has 0 aromatic carbocycles. The molecule has 0 unspecified atom stereocenters. The highest BCUT2D eigenvalue weighted by Gasteiger charge is 2.20. The molecular weight excluding hydrogens is 240 g/mol. The second-order valence-electron chi connectivity index (χ2n) is 4.09. The summed E-state index contributed by atoms with van der Waals surface area (Å²) in [7, 11) is 1.46. The van der Waals surface area contributed by atoms with Gasteiger partial charge in [-0.2, -0.15) is 0 Å². The fraction of sp³-hybridized carbons (Fsp3) is 0.333. The minimum atomic E-state index is -0.0125. The Morgan fingerprint density at radius 2 is 2.18 bits per heavy atom. The molecule has 17 heavy (non-hydrogen) atoms. The molecule has 1 aliphatic carbocycles. The van der Waals surface area contributed by atoms with Gasteiger partial charge in [-0.1, -0.05) is 11.6 Å². The first-order valence-corrected chi connectivity index (χ1v) is 5.83. The lowest BCUT2D eigenvalue weighted by Gasteiger charge is -2.08. The number of fused-ring (bicyclic) bond motifs is 2. The number of nitrogens with zero attached hydrogens (tertiary/aromatic N) is 2. The van der Waals surface area contributed by atoms with Crippen LogP contribution in [0, 0.1) is 0 Å². The lowest BCUT2D eigenvalue weighted by molar-refractivity contribution is 0.360. The SMILES string of the molecule is COc1nc2c(Cl)c3c(nc2cc1O)CCC3. The third kappa shape index (κ3) is 1.52. The Bertz CT molecular complexity index is 613. The van der Waals surface area contributed by atoms with Gasteiger partial charge in [0.15, 0.2) is 5.75 Å². The first-order chi connectivity index (χ1) is 8.20. The minimum absolute atomic E-state index is 0.0125. The van der Waals surface area contributed by atoms with E-state index in [0.29, 0.717) is 16.1 Å². The summed E-state index contributed by atoms with van der Waals surface area (Å²) < 4.78 is 4.98. The van der Waals surface area contributed by atoms with E-state index in [-0.39, 0.29) is 11.6 Å². The number of aromatic hydroxyl groups is 1. The largest absolute Gasteiger partial charge is 0.503 e. The summed E-state index contributed by atoms with van der Waals surface area (Å²) in [5.41, 5.74) is 3.32. The van der Waals surface area contributed by atoms with E-state index >= 15 is 0 Å². The number of hydrogen-bond acceptors (Lipinski definition) is 4. The summed E-state index contributed by atoms with van der Waals surface area (Å²) in [6.45, 7) is 0. The maximum absolute atomic E-state index is 9.68. The van der Waals surface area contributed by atoms with Gasteiger partial charge >= 0.3 is 0 Å². The summed E-state index contributed by atoms with van der Waals surface area (Å²) in [5, 5.41) is 10.3. The number of aryl methyl sites for hydroxylation is 1. The Morgan fingerprint density at radius 3 is 2.94 bits per heavy atom. The van der Waals surface area contributed by atoms with Crippen LogP contribution in [-0.4, -0.2) is 22.2 Å². The molecule has 0 fully saturated rings. The molecule has 0 amide bonds. The Kier molecular flexibility index (Phi) is 2.33. The molecule has 0 bridgehead atoms. The van der Waals surface area contributed by atoms with E-state index in [1.807, 2.05) is 0 Å². The van der Waals surface area contributed by atoms with Crippen molar-refractivity contribution < 1.29 is 9.84 Å². The van der Waals surface area contributed by atoms with Crippen LogP contribution in [0.1, 0.15) is 17.7 Å². The molecule has 2 heterocycles. The fourth-order valence-electron chi connectivity index (χ4n) is 2.25. The summed E-state index contributed by atoms with van der Waals surface area (Å²) in [6, 6.07) is 1.55. The van der Waals surface area contributed by atoms with Crippen LogP contribution in [0.15, 0.2) is 6.07 Å². The van der Waals surface area contributed by atoms with Crippen LogP contribution in [0.5, 0.6) is 11.6 Å². The molecule has 0 saturated heterocycles. The van der Waals surface area contributed by atoms with Gasteiger partial charge in [0.05, 0.1) is 17.6 Å². The van der Waals surface area contributed by atoms with Gasteiger partial charge in [0.25, 0.3) is 5.88 Å². The highest BCUT2D eigenvalue weighted by Crippen LogP contribution is 2.36. The minimum Gasteiger partial charge on any atom is -0.503 e. The molecule has 0 spiro atoms. The molecule has 2 aromatic rings. The van der Waals surface area contributed by atoms with E-state index in [4.69, 9.17) is 16.3 Å². The first kappa shape index (κ1) is 10.6. The number of ether oxygens (including phenoxy) is 1. The van der Waals surface area contributed by atoms with E-state index in [9.17, 15) is 5.11 Å². The predicted molar refractivity (Wildman–Crippen MR) is 64.8 cm³/mol. The number of pyridine rings is 2. The van der Waals surface area contributed by atoms with Crippen LogP contribution in [0.2, 0.25) is 5.02 Å². The van der Waals surface area contributed by atoms with Crippen molar-refractivity contribution in [1.29, 1.82) is 0 Å². The predicted octanol–water partition coefficient (Wildman–Crippen LogP) is 2.49. The zero-order chi connectivity index (χ0) is 12.0. The molecule has 5 heteroatoms. The van der Waals surface area contributed by atoms with Crippen LogP contribution >= 0.6 is 11.6 Å². The van der Waals surface area contributed by atoms with Crippen molar-refractivity contribution >= 4 is 22.6 Å². The van der Waals surface area contributed by atoms with E-state index in [0.717, 1.165) is 30.5 Å². The monoisotopic (exact) mass is 250 g/mol. The van der Waals surface area contributed by atoms with Gasteiger partial charge in [0.1, 0.15) is 5.52 Å². The van der Waals surface area contributed by atoms with Crippen molar-refractivity contribution in [2.24, 2.45) is 0 Å². The first-order valence-electron chi connectivity index (χ1n) is 5.45. The number of methoxy groups -OCH3 is 1. The van der Waals surface area contributed by atoms with E-state index in [1.165, 1.54) is 7.11 Å². The third-order valence-electron chi connectivity index (χ3n) is 3.06. The molecule has 1 aliphatic rings. The zero-order valence-electron chi connectivity index (χ0n) is 9.33. The lowest BCUT2D eigenvalue weighted by Crippen LogP contribution is -1.96. The number of rotatable bonds is 1. The second kappa shape index (κ2) is 3.74. The number of aromatic nitrogens is 2. The molecule has 3 rings (SSSR count). The van der Waals surface area contributed by atoms with Gasteiger partial charge in [-0.3, -0.25) is 4.98 Å². The Balaban J connectivity index is 2.36. The van der Waals surface area contributed by atoms with Crippen molar-refractivity contribution in [3.05, 3.63) is 22.3 Å².